The summed E-state index contributed by atoms with van der Waals surface area (Å²) in [6.07, 6.45) is 0.832. The first kappa shape index (κ1) is 7.95. The molecule has 1 rings (SSSR count). The van der Waals surface area contributed by atoms with E-state index in [0.717, 1.165) is 11.8 Å². The summed E-state index contributed by atoms with van der Waals surface area (Å²) in [5.74, 6) is 0. The Balaban J connectivity index is 3.12. The lowest BCUT2D eigenvalue weighted by Gasteiger charge is -2.06. The van der Waals surface area contributed by atoms with Crippen molar-refractivity contribution in [1.29, 1.82) is 0 Å². The molecule has 0 fully saturated rings. The van der Waals surface area contributed by atoms with Crippen LogP contribution < -0.4 is 5.73 Å². The van der Waals surface area contributed by atoms with Crippen LogP contribution in [0.3, 0.4) is 0 Å². The molecule has 0 aliphatic rings. The Labute approximate surface area is 66.0 Å². The summed E-state index contributed by atoms with van der Waals surface area (Å²) in [7, 11) is 0. The van der Waals surface area contributed by atoms with Gasteiger partial charge in [0.1, 0.15) is 6.29 Å². The lowest BCUT2D eigenvalue weighted by atomic mass is 10.0. The van der Waals surface area contributed by atoms with Gasteiger partial charge in [0.2, 0.25) is 0 Å². The number of nitrogens with two attached hydrogens (primary N) is 1. The molecule has 0 bridgehead atoms. The van der Waals surface area contributed by atoms with E-state index in [1.54, 1.807) is 6.07 Å². The molecule has 58 valence electrons. The zero-order valence-corrected chi connectivity index (χ0v) is 6.45. The Morgan fingerprint density at radius 1 is 1.45 bits per heavy atom. The highest BCUT2D eigenvalue weighted by Gasteiger charge is 2.03. The highest BCUT2D eigenvalue weighted by atomic mass is 16.1. The fourth-order valence-corrected chi connectivity index (χ4v) is 1.03. The van der Waals surface area contributed by atoms with Gasteiger partial charge in [0.05, 0.1) is 0 Å². The van der Waals surface area contributed by atoms with E-state index in [-0.39, 0.29) is 6.04 Å². The van der Waals surface area contributed by atoms with Crippen LogP contribution in [0.25, 0.3) is 0 Å². The minimum atomic E-state index is -0.0728. The van der Waals surface area contributed by atoms with E-state index < -0.39 is 0 Å². The lowest BCUT2D eigenvalue weighted by Crippen LogP contribution is -2.07. The molecule has 1 aromatic carbocycles. The molecule has 0 radical (unpaired) electrons. The molecular formula is C9H11NO. The van der Waals surface area contributed by atoms with Crippen LogP contribution in [0.2, 0.25) is 0 Å². The van der Waals surface area contributed by atoms with E-state index in [4.69, 9.17) is 5.73 Å². The second-order valence-electron chi connectivity index (χ2n) is 2.54. The molecule has 0 aliphatic heterocycles. The Kier molecular flexibility index (Phi) is 2.39. The standard InChI is InChI=1S/C9H11NO/c1-7(10)9-5-3-2-4-8(9)6-11/h2-7H,10H2,1H3. The molecular weight excluding hydrogens is 138 g/mol. The molecule has 1 unspecified atom stereocenters. The van der Waals surface area contributed by atoms with Gasteiger partial charge in [-0.25, -0.2) is 0 Å². The predicted molar refractivity (Wildman–Crippen MR) is 44.4 cm³/mol. The molecule has 0 heterocycles. The molecule has 0 aliphatic carbocycles. The van der Waals surface area contributed by atoms with E-state index in [1.165, 1.54) is 0 Å². The zero-order valence-electron chi connectivity index (χ0n) is 6.45. The number of aldehydes is 1. The Morgan fingerprint density at radius 2 is 2.09 bits per heavy atom. The van der Waals surface area contributed by atoms with Crippen LogP contribution in [-0.4, -0.2) is 6.29 Å². The normalized spacial score (nSPS) is 12.5. The highest BCUT2D eigenvalue weighted by Crippen LogP contribution is 2.12. The summed E-state index contributed by atoms with van der Waals surface area (Å²) < 4.78 is 0. The van der Waals surface area contributed by atoms with Crippen molar-refractivity contribution < 1.29 is 4.79 Å². The first-order chi connectivity index (χ1) is 5.25. The number of carbonyl (C=O) groups is 1. The summed E-state index contributed by atoms with van der Waals surface area (Å²) in [4.78, 5) is 10.5. The molecule has 11 heavy (non-hydrogen) atoms. The summed E-state index contributed by atoms with van der Waals surface area (Å²) in [5, 5.41) is 0. The summed E-state index contributed by atoms with van der Waals surface area (Å²) in [5.41, 5.74) is 7.22. The third kappa shape index (κ3) is 1.65. The first-order valence-electron chi connectivity index (χ1n) is 3.55. The Hall–Kier alpha value is -1.15. The first-order valence-corrected chi connectivity index (χ1v) is 3.55. The summed E-state index contributed by atoms with van der Waals surface area (Å²) >= 11 is 0. The van der Waals surface area contributed by atoms with Crippen LogP contribution in [0, 0.1) is 0 Å². The quantitative estimate of drug-likeness (QED) is 0.648. The maximum atomic E-state index is 10.5. The SMILES string of the molecule is CC(N)c1ccccc1C=O. The monoisotopic (exact) mass is 149 g/mol. The molecule has 0 spiro atoms. The topological polar surface area (TPSA) is 43.1 Å². The molecule has 0 amide bonds. The molecule has 0 aromatic heterocycles. The maximum Gasteiger partial charge on any atom is 0.150 e. The third-order valence-electron chi connectivity index (χ3n) is 1.61. The zero-order chi connectivity index (χ0) is 8.27. The van der Waals surface area contributed by atoms with Gasteiger partial charge in [0, 0.05) is 11.6 Å². The molecule has 1 aromatic rings. The van der Waals surface area contributed by atoms with Crippen LogP contribution in [0.15, 0.2) is 24.3 Å². The predicted octanol–water partition coefficient (Wildman–Crippen LogP) is 1.52. The highest BCUT2D eigenvalue weighted by molar-refractivity contribution is 5.77. The van der Waals surface area contributed by atoms with E-state index in [1.807, 2.05) is 25.1 Å². The van der Waals surface area contributed by atoms with Gasteiger partial charge in [0.25, 0.3) is 0 Å². The van der Waals surface area contributed by atoms with Crippen molar-refractivity contribution in [3.05, 3.63) is 35.4 Å². The van der Waals surface area contributed by atoms with E-state index in [0.29, 0.717) is 5.56 Å². The van der Waals surface area contributed by atoms with Gasteiger partial charge in [0.15, 0.2) is 0 Å². The average Bonchev–Trinajstić information content (AvgIpc) is 2.04. The Morgan fingerprint density at radius 3 is 2.55 bits per heavy atom. The van der Waals surface area contributed by atoms with Crippen molar-refractivity contribution in [3.8, 4) is 0 Å². The van der Waals surface area contributed by atoms with Gasteiger partial charge < -0.3 is 5.73 Å². The minimum Gasteiger partial charge on any atom is -0.324 e. The van der Waals surface area contributed by atoms with E-state index in [2.05, 4.69) is 0 Å². The molecule has 2 heteroatoms. The van der Waals surface area contributed by atoms with Gasteiger partial charge in [-0.1, -0.05) is 24.3 Å². The smallest absolute Gasteiger partial charge is 0.150 e. The van der Waals surface area contributed by atoms with Crippen molar-refractivity contribution in [3.63, 3.8) is 0 Å². The fraction of sp³-hybridized carbons (Fsp3) is 0.222. The van der Waals surface area contributed by atoms with Crippen molar-refractivity contribution in [2.75, 3.05) is 0 Å². The number of rotatable bonds is 2. The summed E-state index contributed by atoms with van der Waals surface area (Å²) in [6, 6.07) is 7.28. The Bertz CT molecular complexity index is 255. The van der Waals surface area contributed by atoms with Crippen molar-refractivity contribution >= 4 is 6.29 Å². The lowest BCUT2D eigenvalue weighted by molar-refractivity contribution is 0.112. The number of benzene rings is 1. The summed E-state index contributed by atoms with van der Waals surface area (Å²) in [6.45, 7) is 1.86. The number of carbonyl (C=O) groups excluding carboxylic acids is 1. The molecule has 0 saturated carbocycles. The second-order valence-corrected chi connectivity index (χ2v) is 2.54. The van der Waals surface area contributed by atoms with Gasteiger partial charge in [-0.15, -0.1) is 0 Å². The van der Waals surface area contributed by atoms with Crippen LogP contribution in [0.4, 0.5) is 0 Å². The van der Waals surface area contributed by atoms with Gasteiger partial charge >= 0.3 is 0 Å². The molecule has 0 saturated heterocycles. The van der Waals surface area contributed by atoms with Crippen LogP contribution in [0.1, 0.15) is 28.9 Å². The molecule has 2 nitrogen and oxygen atoms in total. The molecule has 2 N–H and O–H groups in total. The van der Waals surface area contributed by atoms with Crippen molar-refractivity contribution in [2.24, 2.45) is 5.73 Å². The van der Waals surface area contributed by atoms with Gasteiger partial charge in [-0.05, 0) is 12.5 Å². The fourth-order valence-electron chi connectivity index (χ4n) is 1.03. The third-order valence-corrected chi connectivity index (χ3v) is 1.61. The van der Waals surface area contributed by atoms with Crippen molar-refractivity contribution in [1.82, 2.24) is 0 Å². The van der Waals surface area contributed by atoms with Crippen LogP contribution in [-0.2, 0) is 0 Å². The largest absolute Gasteiger partial charge is 0.324 e. The van der Waals surface area contributed by atoms with Crippen LogP contribution in [0.5, 0.6) is 0 Å². The van der Waals surface area contributed by atoms with Gasteiger partial charge in [-0.2, -0.15) is 0 Å². The number of hydrogen-bond donors (Lipinski definition) is 1. The molecule has 1 atom stereocenters. The van der Waals surface area contributed by atoms with E-state index >= 15 is 0 Å². The maximum absolute atomic E-state index is 10.5. The average molecular weight is 149 g/mol. The van der Waals surface area contributed by atoms with E-state index in [9.17, 15) is 4.79 Å². The van der Waals surface area contributed by atoms with Crippen LogP contribution >= 0.6 is 0 Å². The van der Waals surface area contributed by atoms with Gasteiger partial charge in [-0.3, -0.25) is 4.79 Å². The second kappa shape index (κ2) is 3.30. The minimum absolute atomic E-state index is 0.0728. The number of hydrogen-bond acceptors (Lipinski definition) is 2. The van der Waals surface area contributed by atoms with Crippen molar-refractivity contribution in [2.45, 2.75) is 13.0 Å².